The maximum absolute atomic E-state index is 12.0. The standard InChI is InChI=1S/C15H23N3O2/c1-11-4-6-13(7-5-11)8-9-14(19)18(3)10-12(2)15(16)17-20/h4-7,12,20H,8-10H2,1-3H3,(H2,16,17). The lowest BCUT2D eigenvalue weighted by atomic mass is 10.1. The molecule has 0 spiro atoms. The largest absolute Gasteiger partial charge is 0.409 e. The molecule has 1 amide bonds. The molecule has 0 radical (unpaired) electrons. The molecule has 0 aliphatic rings. The van der Waals surface area contributed by atoms with Crippen molar-refractivity contribution in [2.75, 3.05) is 13.6 Å². The van der Waals surface area contributed by atoms with Crippen molar-refractivity contribution >= 4 is 11.7 Å². The number of amides is 1. The molecule has 110 valence electrons. The molecule has 1 aromatic rings. The number of nitrogens with two attached hydrogens (primary N) is 1. The number of amidine groups is 1. The van der Waals surface area contributed by atoms with Crippen molar-refractivity contribution in [2.45, 2.75) is 26.7 Å². The summed E-state index contributed by atoms with van der Waals surface area (Å²) in [4.78, 5) is 13.6. The van der Waals surface area contributed by atoms with Crippen LogP contribution in [0.15, 0.2) is 29.4 Å². The van der Waals surface area contributed by atoms with Crippen LogP contribution in [0.5, 0.6) is 0 Å². The number of nitrogens with zero attached hydrogens (tertiary/aromatic N) is 2. The lowest BCUT2D eigenvalue weighted by Gasteiger charge is -2.20. The Morgan fingerprint density at radius 2 is 2.00 bits per heavy atom. The molecule has 1 unspecified atom stereocenters. The third-order valence-corrected chi connectivity index (χ3v) is 3.34. The van der Waals surface area contributed by atoms with Gasteiger partial charge in [0.2, 0.25) is 5.91 Å². The third kappa shape index (κ3) is 4.91. The molecule has 0 heterocycles. The van der Waals surface area contributed by atoms with Crippen LogP contribution in [0.3, 0.4) is 0 Å². The van der Waals surface area contributed by atoms with Crippen molar-refractivity contribution in [1.29, 1.82) is 0 Å². The number of carbonyl (C=O) groups excluding carboxylic acids is 1. The van der Waals surface area contributed by atoms with Crippen molar-refractivity contribution < 1.29 is 10.0 Å². The van der Waals surface area contributed by atoms with E-state index in [1.54, 1.807) is 11.9 Å². The zero-order chi connectivity index (χ0) is 15.1. The van der Waals surface area contributed by atoms with Gasteiger partial charge in [-0.25, -0.2) is 0 Å². The Balaban J connectivity index is 2.44. The summed E-state index contributed by atoms with van der Waals surface area (Å²) in [6, 6.07) is 8.18. The van der Waals surface area contributed by atoms with Crippen LogP contribution >= 0.6 is 0 Å². The molecular weight excluding hydrogens is 254 g/mol. The van der Waals surface area contributed by atoms with Crippen LogP contribution in [-0.2, 0) is 11.2 Å². The summed E-state index contributed by atoms with van der Waals surface area (Å²) in [5, 5.41) is 11.5. The Labute approximate surface area is 120 Å². The van der Waals surface area contributed by atoms with Crippen molar-refractivity contribution in [1.82, 2.24) is 4.90 Å². The number of carbonyl (C=O) groups is 1. The first-order valence-corrected chi connectivity index (χ1v) is 6.71. The number of hydrogen-bond donors (Lipinski definition) is 2. The van der Waals surface area contributed by atoms with Crippen LogP contribution in [0.2, 0.25) is 0 Å². The van der Waals surface area contributed by atoms with E-state index < -0.39 is 0 Å². The molecule has 0 fully saturated rings. The first-order valence-electron chi connectivity index (χ1n) is 6.71. The Morgan fingerprint density at radius 3 is 2.55 bits per heavy atom. The molecule has 0 saturated heterocycles. The Hall–Kier alpha value is -2.04. The fourth-order valence-corrected chi connectivity index (χ4v) is 1.90. The van der Waals surface area contributed by atoms with Crippen LogP contribution in [0.4, 0.5) is 0 Å². The van der Waals surface area contributed by atoms with E-state index in [4.69, 9.17) is 10.9 Å². The van der Waals surface area contributed by atoms with Gasteiger partial charge < -0.3 is 15.8 Å². The molecule has 0 aromatic heterocycles. The van der Waals surface area contributed by atoms with Gasteiger partial charge in [-0.3, -0.25) is 4.79 Å². The molecule has 0 aliphatic heterocycles. The zero-order valence-electron chi connectivity index (χ0n) is 12.3. The van der Waals surface area contributed by atoms with Crippen molar-refractivity contribution in [2.24, 2.45) is 16.8 Å². The predicted molar refractivity (Wildman–Crippen MR) is 79.7 cm³/mol. The zero-order valence-corrected chi connectivity index (χ0v) is 12.3. The highest BCUT2D eigenvalue weighted by molar-refractivity contribution is 5.83. The maximum Gasteiger partial charge on any atom is 0.222 e. The van der Waals surface area contributed by atoms with E-state index in [0.717, 1.165) is 12.0 Å². The average Bonchev–Trinajstić information content (AvgIpc) is 2.45. The summed E-state index contributed by atoms with van der Waals surface area (Å²) >= 11 is 0. The third-order valence-electron chi connectivity index (χ3n) is 3.34. The quantitative estimate of drug-likeness (QED) is 0.360. The maximum atomic E-state index is 12.0. The molecular formula is C15H23N3O2. The van der Waals surface area contributed by atoms with E-state index in [9.17, 15) is 4.79 Å². The van der Waals surface area contributed by atoms with Crippen LogP contribution in [-0.4, -0.2) is 35.4 Å². The highest BCUT2D eigenvalue weighted by Crippen LogP contribution is 2.08. The molecule has 20 heavy (non-hydrogen) atoms. The second kappa shape index (κ2) is 7.53. The van der Waals surface area contributed by atoms with Gasteiger partial charge >= 0.3 is 0 Å². The molecule has 3 N–H and O–H groups in total. The minimum atomic E-state index is -0.159. The topological polar surface area (TPSA) is 78.9 Å². The monoisotopic (exact) mass is 277 g/mol. The summed E-state index contributed by atoms with van der Waals surface area (Å²) in [5.74, 6) is 0.0414. The van der Waals surface area contributed by atoms with Gasteiger partial charge in [0.25, 0.3) is 0 Å². The van der Waals surface area contributed by atoms with E-state index in [-0.39, 0.29) is 17.7 Å². The minimum Gasteiger partial charge on any atom is -0.409 e. The highest BCUT2D eigenvalue weighted by Gasteiger charge is 2.15. The van der Waals surface area contributed by atoms with E-state index in [2.05, 4.69) is 5.16 Å². The van der Waals surface area contributed by atoms with E-state index >= 15 is 0 Å². The molecule has 1 atom stereocenters. The summed E-state index contributed by atoms with van der Waals surface area (Å²) < 4.78 is 0. The molecule has 0 bridgehead atoms. The lowest BCUT2D eigenvalue weighted by Crippen LogP contribution is -2.36. The van der Waals surface area contributed by atoms with Gasteiger partial charge in [-0.2, -0.15) is 0 Å². The van der Waals surface area contributed by atoms with Crippen molar-refractivity contribution in [3.63, 3.8) is 0 Å². The van der Waals surface area contributed by atoms with Gasteiger partial charge in [0.05, 0.1) is 0 Å². The van der Waals surface area contributed by atoms with Gasteiger partial charge in [0, 0.05) is 25.9 Å². The fourth-order valence-electron chi connectivity index (χ4n) is 1.90. The normalized spacial score (nSPS) is 13.1. The molecule has 1 rings (SSSR count). The number of benzene rings is 1. The van der Waals surface area contributed by atoms with Crippen LogP contribution in [0, 0.1) is 12.8 Å². The second-order valence-corrected chi connectivity index (χ2v) is 5.19. The molecule has 5 heteroatoms. The molecule has 0 aliphatic carbocycles. The highest BCUT2D eigenvalue weighted by atomic mass is 16.4. The Bertz CT molecular complexity index is 469. The summed E-state index contributed by atoms with van der Waals surface area (Å²) in [6.07, 6.45) is 1.18. The van der Waals surface area contributed by atoms with Gasteiger partial charge in [0.15, 0.2) is 0 Å². The Morgan fingerprint density at radius 1 is 1.40 bits per heavy atom. The van der Waals surface area contributed by atoms with Crippen LogP contribution in [0.25, 0.3) is 0 Å². The van der Waals surface area contributed by atoms with Gasteiger partial charge in [-0.1, -0.05) is 41.9 Å². The smallest absolute Gasteiger partial charge is 0.222 e. The van der Waals surface area contributed by atoms with Gasteiger partial charge in [0.1, 0.15) is 5.84 Å². The van der Waals surface area contributed by atoms with E-state index in [0.29, 0.717) is 13.0 Å². The number of aryl methyl sites for hydroxylation is 2. The predicted octanol–water partition coefficient (Wildman–Crippen LogP) is 1.77. The first-order chi connectivity index (χ1) is 9.43. The summed E-state index contributed by atoms with van der Waals surface area (Å²) in [5.41, 5.74) is 7.87. The fraction of sp³-hybridized carbons (Fsp3) is 0.467. The average molecular weight is 277 g/mol. The second-order valence-electron chi connectivity index (χ2n) is 5.19. The number of rotatable bonds is 6. The van der Waals surface area contributed by atoms with E-state index in [1.165, 1.54) is 5.56 Å². The van der Waals surface area contributed by atoms with Gasteiger partial charge in [-0.05, 0) is 18.9 Å². The molecule has 0 saturated carbocycles. The number of hydrogen-bond acceptors (Lipinski definition) is 3. The Kier molecular flexibility index (Phi) is 6.03. The SMILES string of the molecule is Cc1ccc(CCC(=O)N(C)CC(C)C(N)=NO)cc1. The van der Waals surface area contributed by atoms with Gasteiger partial charge in [-0.15, -0.1) is 0 Å². The summed E-state index contributed by atoms with van der Waals surface area (Å²) in [6.45, 7) is 4.30. The van der Waals surface area contributed by atoms with Crippen molar-refractivity contribution in [3.8, 4) is 0 Å². The van der Waals surface area contributed by atoms with Crippen LogP contribution < -0.4 is 5.73 Å². The summed E-state index contributed by atoms with van der Waals surface area (Å²) in [7, 11) is 1.73. The van der Waals surface area contributed by atoms with Crippen LogP contribution in [0.1, 0.15) is 24.5 Å². The first kappa shape index (κ1) is 16.0. The lowest BCUT2D eigenvalue weighted by molar-refractivity contribution is -0.130. The number of oxime groups is 1. The molecule has 5 nitrogen and oxygen atoms in total. The van der Waals surface area contributed by atoms with Crippen molar-refractivity contribution in [3.05, 3.63) is 35.4 Å². The molecule has 1 aromatic carbocycles. The minimum absolute atomic E-state index is 0.0585. The van der Waals surface area contributed by atoms with E-state index in [1.807, 2.05) is 38.1 Å².